The number of halogens is 4. The summed E-state index contributed by atoms with van der Waals surface area (Å²) in [6.07, 6.45) is 0. The van der Waals surface area contributed by atoms with Gasteiger partial charge in [-0.15, -0.1) is 0 Å². The third kappa shape index (κ3) is 1.74. The predicted molar refractivity (Wildman–Crippen MR) is 49.3 cm³/mol. The van der Waals surface area contributed by atoms with Gasteiger partial charge in [0, 0.05) is 0 Å². The van der Waals surface area contributed by atoms with Crippen LogP contribution in [0.2, 0.25) is 0 Å². The molecule has 0 radical (unpaired) electrons. The lowest BCUT2D eigenvalue weighted by atomic mass is 10.2. The summed E-state index contributed by atoms with van der Waals surface area (Å²) in [5.41, 5.74) is -0.405. The second-order valence-corrected chi connectivity index (χ2v) is 3.41. The van der Waals surface area contributed by atoms with Crippen LogP contribution in [-0.2, 0) is 0 Å². The minimum atomic E-state index is -0.989. The van der Waals surface area contributed by atoms with Crippen molar-refractivity contribution in [2.75, 3.05) is 0 Å². The molecule has 0 bridgehead atoms. The molecule has 0 spiro atoms. The Morgan fingerprint density at radius 3 is 2.25 bits per heavy atom. The Bertz CT molecular complexity index is 340. The molecule has 1 nitrogen and oxygen atoms in total. The van der Waals surface area contributed by atoms with Crippen LogP contribution in [0.3, 0.4) is 0 Å². The van der Waals surface area contributed by atoms with E-state index in [1.54, 1.807) is 0 Å². The monoisotopic (exact) mass is 302 g/mol. The van der Waals surface area contributed by atoms with E-state index in [2.05, 4.69) is 0 Å². The molecule has 0 atom stereocenters. The Morgan fingerprint density at radius 1 is 1.33 bits per heavy atom. The van der Waals surface area contributed by atoms with E-state index < -0.39 is 22.4 Å². The maximum Gasteiger partial charge on any atom is 0.256 e. The lowest BCUT2D eigenvalue weighted by Gasteiger charge is -2.00. The summed E-state index contributed by atoms with van der Waals surface area (Å²) >= 11 is 6.56. The molecule has 12 heavy (non-hydrogen) atoms. The molecule has 1 rings (SSSR count). The van der Waals surface area contributed by atoms with E-state index in [-0.39, 0.29) is 3.57 Å². The van der Waals surface area contributed by atoms with E-state index in [4.69, 9.17) is 11.6 Å². The summed E-state index contributed by atoms with van der Waals surface area (Å²) < 4.78 is 25.4. The van der Waals surface area contributed by atoms with Gasteiger partial charge in [-0.25, -0.2) is 8.78 Å². The third-order valence-corrected chi connectivity index (χ3v) is 2.48. The third-order valence-electron chi connectivity index (χ3n) is 1.24. The average molecular weight is 302 g/mol. The first-order valence-electron chi connectivity index (χ1n) is 2.87. The SMILES string of the molecule is O=C(Cl)c1c(F)ccc(F)c1I. The van der Waals surface area contributed by atoms with Crippen molar-refractivity contribution in [3.63, 3.8) is 0 Å². The molecular weight excluding hydrogens is 300 g/mol. The zero-order chi connectivity index (χ0) is 9.30. The van der Waals surface area contributed by atoms with Crippen LogP contribution >= 0.6 is 34.2 Å². The summed E-state index contributed by atoms with van der Waals surface area (Å²) in [6.45, 7) is 0. The lowest BCUT2D eigenvalue weighted by Crippen LogP contribution is -2.00. The second kappa shape index (κ2) is 3.66. The van der Waals surface area contributed by atoms with Gasteiger partial charge in [-0.2, -0.15) is 0 Å². The van der Waals surface area contributed by atoms with Crippen LogP contribution in [0.5, 0.6) is 0 Å². The second-order valence-electron chi connectivity index (χ2n) is 1.99. The lowest BCUT2D eigenvalue weighted by molar-refractivity contribution is 0.107. The topological polar surface area (TPSA) is 17.1 Å². The van der Waals surface area contributed by atoms with Crippen molar-refractivity contribution < 1.29 is 13.6 Å². The molecule has 0 aliphatic rings. The molecule has 0 heterocycles. The number of benzene rings is 1. The Balaban J connectivity index is 3.43. The molecular formula is C7H2ClF2IO. The van der Waals surface area contributed by atoms with Gasteiger partial charge < -0.3 is 0 Å². The van der Waals surface area contributed by atoms with Gasteiger partial charge >= 0.3 is 0 Å². The fourth-order valence-corrected chi connectivity index (χ4v) is 1.73. The van der Waals surface area contributed by atoms with Gasteiger partial charge in [-0.3, -0.25) is 4.79 Å². The molecule has 0 aliphatic heterocycles. The largest absolute Gasteiger partial charge is 0.275 e. The van der Waals surface area contributed by atoms with Gasteiger partial charge in [0.25, 0.3) is 5.24 Å². The fourth-order valence-electron chi connectivity index (χ4n) is 0.707. The Morgan fingerprint density at radius 2 is 1.83 bits per heavy atom. The maximum atomic E-state index is 12.8. The molecule has 0 unspecified atom stereocenters. The van der Waals surface area contributed by atoms with E-state index in [9.17, 15) is 13.6 Å². The summed E-state index contributed by atoms with van der Waals surface area (Å²) in [5.74, 6) is -1.46. The molecule has 0 amide bonds. The first-order valence-corrected chi connectivity index (χ1v) is 4.33. The van der Waals surface area contributed by atoms with E-state index in [1.165, 1.54) is 22.6 Å². The highest BCUT2D eigenvalue weighted by Crippen LogP contribution is 2.20. The molecule has 0 N–H and O–H groups in total. The summed E-state index contributed by atoms with van der Waals surface area (Å²) in [7, 11) is 0. The van der Waals surface area contributed by atoms with Crippen LogP contribution in [-0.4, -0.2) is 5.24 Å². The normalized spacial score (nSPS) is 10.0. The van der Waals surface area contributed by atoms with Crippen molar-refractivity contribution >= 4 is 39.4 Å². The van der Waals surface area contributed by atoms with Gasteiger partial charge in [0.2, 0.25) is 0 Å². The van der Waals surface area contributed by atoms with Crippen LogP contribution in [0.25, 0.3) is 0 Å². The molecule has 0 fully saturated rings. The maximum absolute atomic E-state index is 12.8. The molecule has 5 heteroatoms. The zero-order valence-electron chi connectivity index (χ0n) is 5.57. The van der Waals surface area contributed by atoms with Crippen LogP contribution < -0.4 is 0 Å². The van der Waals surface area contributed by atoms with E-state index in [0.717, 1.165) is 12.1 Å². The van der Waals surface area contributed by atoms with Gasteiger partial charge in [0.15, 0.2) is 0 Å². The highest BCUT2D eigenvalue weighted by atomic mass is 127. The molecule has 0 saturated heterocycles. The number of carbonyl (C=O) groups is 1. The summed E-state index contributed by atoms with van der Waals surface area (Å²) in [6, 6.07) is 1.81. The first-order chi connectivity index (χ1) is 5.54. The van der Waals surface area contributed by atoms with Crippen molar-refractivity contribution in [1.29, 1.82) is 0 Å². The predicted octanol–water partition coefficient (Wildman–Crippen LogP) is 2.95. The average Bonchev–Trinajstić information content (AvgIpc) is 1.97. The highest BCUT2D eigenvalue weighted by Gasteiger charge is 2.16. The van der Waals surface area contributed by atoms with Crippen molar-refractivity contribution in [2.24, 2.45) is 0 Å². The van der Waals surface area contributed by atoms with Gasteiger partial charge in [0.1, 0.15) is 11.6 Å². The van der Waals surface area contributed by atoms with Crippen molar-refractivity contribution in [3.05, 3.63) is 32.9 Å². The molecule has 64 valence electrons. The Labute approximate surface area is 85.9 Å². The van der Waals surface area contributed by atoms with Crippen LogP contribution in [0, 0.1) is 15.2 Å². The van der Waals surface area contributed by atoms with Gasteiger partial charge in [-0.1, -0.05) is 0 Å². The van der Waals surface area contributed by atoms with Gasteiger partial charge in [0.05, 0.1) is 9.13 Å². The number of carbonyl (C=O) groups excluding carboxylic acids is 1. The quantitative estimate of drug-likeness (QED) is 0.443. The standard InChI is InChI=1S/C7H2ClF2IO/c8-7(12)5-3(9)1-2-4(10)6(5)11/h1-2H. The molecule has 1 aromatic rings. The number of hydrogen-bond donors (Lipinski definition) is 0. The smallest absolute Gasteiger partial charge is 0.256 e. The molecule has 0 aliphatic carbocycles. The molecule has 1 aromatic carbocycles. The minimum Gasteiger partial charge on any atom is -0.275 e. The van der Waals surface area contributed by atoms with E-state index in [0.29, 0.717) is 0 Å². The highest BCUT2D eigenvalue weighted by molar-refractivity contribution is 14.1. The van der Waals surface area contributed by atoms with Gasteiger partial charge in [-0.05, 0) is 46.3 Å². The van der Waals surface area contributed by atoms with Crippen LogP contribution in [0.1, 0.15) is 10.4 Å². The van der Waals surface area contributed by atoms with Crippen LogP contribution in [0.15, 0.2) is 12.1 Å². The molecule has 0 saturated carbocycles. The van der Waals surface area contributed by atoms with E-state index in [1.807, 2.05) is 0 Å². The van der Waals surface area contributed by atoms with Crippen molar-refractivity contribution in [3.8, 4) is 0 Å². The number of rotatable bonds is 1. The molecule has 0 aromatic heterocycles. The number of hydrogen-bond acceptors (Lipinski definition) is 1. The Kier molecular flexibility index (Phi) is 3.00. The van der Waals surface area contributed by atoms with E-state index >= 15 is 0 Å². The van der Waals surface area contributed by atoms with Crippen molar-refractivity contribution in [2.45, 2.75) is 0 Å². The summed E-state index contributed by atoms with van der Waals surface area (Å²) in [4.78, 5) is 10.6. The van der Waals surface area contributed by atoms with Crippen molar-refractivity contribution in [1.82, 2.24) is 0 Å². The fraction of sp³-hybridized carbons (Fsp3) is 0. The Hall–Kier alpha value is -0.230. The first kappa shape index (κ1) is 9.85. The minimum absolute atomic E-state index is 0.0902. The summed E-state index contributed by atoms with van der Waals surface area (Å²) in [5, 5.41) is -0.989. The zero-order valence-corrected chi connectivity index (χ0v) is 8.49. The van der Waals surface area contributed by atoms with Crippen LogP contribution in [0.4, 0.5) is 8.78 Å².